The largest absolute Gasteiger partial charge is 0.284 e. The van der Waals surface area contributed by atoms with Gasteiger partial charge in [-0.05, 0) is 59.1 Å². The van der Waals surface area contributed by atoms with Gasteiger partial charge in [0.25, 0.3) is 15.7 Å². The third-order valence-electron chi connectivity index (χ3n) is 3.48. The summed E-state index contributed by atoms with van der Waals surface area (Å²) in [5.41, 5.74) is 1.97. The molecule has 0 aliphatic heterocycles. The van der Waals surface area contributed by atoms with Crippen LogP contribution in [0.4, 0.5) is 11.4 Å². The zero-order valence-electron chi connectivity index (χ0n) is 12.8. The second-order valence-corrected chi connectivity index (χ2v) is 7.96. The summed E-state index contributed by atoms with van der Waals surface area (Å²) in [7, 11) is -2.46. The molecule has 0 aromatic heterocycles. The number of nitrogens with zero attached hydrogens (tertiary/aromatic N) is 2. The normalized spacial score (nSPS) is 11.3. The molecule has 0 radical (unpaired) electrons. The number of aryl methyl sites for hydroxylation is 2. The van der Waals surface area contributed by atoms with Crippen molar-refractivity contribution in [3.63, 3.8) is 0 Å². The molecule has 122 valence electrons. The number of anilines is 1. The van der Waals surface area contributed by atoms with Gasteiger partial charge < -0.3 is 0 Å². The highest BCUT2D eigenvalue weighted by Gasteiger charge is 2.25. The summed E-state index contributed by atoms with van der Waals surface area (Å²) in [6.07, 6.45) is 0. The van der Waals surface area contributed by atoms with Crippen LogP contribution >= 0.6 is 15.9 Å². The molecule has 0 aliphatic rings. The van der Waals surface area contributed by atoms with E-state index in [2.05, 4.69) is 15.9 Å². The van der Waals surface area contributed by atoms with E-state index in [1.807, 2.05) is 26.0 Å². The van der Waals surface area contributed by atoms with E-state index >= 15 is 0 Å². The zero-order chi connectivity index (χ0) is 17.4. The Balaban J connectivity index is 2.56. The van der Waals surface area contributed by atoms with Crippen molar-refractivity contribution in [2.75, 3.05) is 11.4 Å². The molecule has 0 atom stereocenters. The minimum atomic E-state index is -3.90. The first-order chi connectivity index (χ1) is 10.6. The Labute approximate surface area is 143 Å². The van der Waals surface area contributed by atoms with E-state index in [1.165, 1.54) is 19.2 Å². The van der Waals surface area contributed by atoms with E-state index in [-0.39, 0.29) is 15.1 Å². The molecular weight excluding hydrogens is 384 g/mol. The molecule has 0 bridgehead atoms. The molecule has 23 heavy (non-hydrogen) atoms. The molecular formula is C15H15BrN2O4S. The van der Waals surface area contributed by atoms with E-state index in [1.54, 1.807) is 6.07 Å². The number of hydrogen-bond acceptors (Lipinski definition) is 4. The van der Waals surface area contributed by atoms with Crippen LogP contribution in [0.1, 0.15) is 11.1 Å². The molecule has 0 aliphatic carbocycles. The zero-order valence-corrected chi connectivity index (χ0v) is 15.2. The Morgan fingerprint density at radius 2 is 1.78 bits per heavy atom. The Hall–Kier alpha value is -1.93. The molecule has 0 heterocycles. The lowest BCUT2D eigenvalue weighted by Gasteiger charge is -2.22. The molecule has 6 nitrogen and oxygen atoms in total. The Morgan fingerprint density at radius 1 is 1.13 bits per heavy atom. The molecule has 0 amide bonds. The SMILES string of the molecule is Cc1ccc(C)c(N(C)S(=O)(=O)c2ccc(Br)c([N+](=O)[O-])c2)c1. The monoisotopic (exact) mass is 398 g/mol. The number of rotatable bonds is 4. The molecule has 0 unspecified atom stereocenters. The molecule has 0 saturated carbocycles. The molecule has 0 fully saturated rings. The minimum Gasteiger partial charge on any atom is -0.269 e. The molecule has 0 saturated heterocycles. The van der Waals surface area contributed by atoms with Crippen LogP contribution in [0.5, 0.6) is 0 Å². The van der Waals surface area contributed by atoms with Crippen molar-refractivity contribution in [3.8, 4) is 0 Å². The lowest BCUT2D eigenvalue weighted by molar-refractivity contribution is -0.385. The first-order valence-corrected chi connectivity index (χ1v) is 8.88. The predicted molar refractivity (Wildman–Crippen MR) is 92.3 cm³/mol. The van der Waals surface area contributed by atoms with Crippen LogP contribution in [0.25, 0.3) is 0 Å². The quantitative estimate of drug-likeness (QED) is 0.579. The van der Waals surface area contributed by atoms with Crippen LogP contribution in [0.2, 0.25) is 0 Å². The van der Waals surface area contributed by atoms with Gasteiger partial charge in [-0.3, -0.25) is 14.4 Å². The van der Waals surface area contributed by atoms with Gasteiger partial charge in [-0.1, -0.05) is 12.1 Å². The third-order valence-corrected chi connectivity index (χ3v) is 5.91. The van der Waals surface area contributed by atoms with Crippen molar-refractivity contribution >= 4 is 37.3 Å². The number of nitro groups is 1. The van der Waals surface area contributed by atoms with Crippen molar-refractivity contribution < 1.29 is 13.3 Å². The Kier molecular flexibility index (Phi) is 4.76. The van der Waals surface area contributed by atoms with Gasteiger partial charge in [-0.25, -0.2) is 8.42 Å². The summed E-state index contributed by atoms with van der Waals surface area (Å²) in [5.74, 6) is 0. The Morgan fingerprint density at radius 3 is 2.39 bits per heavy atom. The molecule has 0 spiro atoms. The number of halogens is 1. The fourth-order valence-electron chi connectivity index (χ4n) is 2.14. The molecule has 0 N–H and O–H groups in total. The smallest absolute Gasteiger partial charge is 0.269 e. The van der Waals surface area contributed by atoms with Gasteiger partial charge in [-0.2, -0.15) is 0 Å². The van der Waals surface area contributed by atoms with E-state index in [9.17, 15) is 18.5 Å². The topological polar surface area (TPSA) is 80.5 Å². The fourth-order valence-corrected chi connectivity index (χ4v) is 3.80. The molecule has 8 heteroatoms. The number of sulfonamides is 1. The van der Waals surface area contributed by atoms with Gasteiger partial charge in [0.1, 0.15) is 0 Å². The van der Waals surface area contributed by atoms with Crippen LogP contribution in [-0.2, 0) is 10.0 Å². The summed E-state index contributed by atoms with van der Waals surface area (Å²) < 4.78 is 26.9. The van der Waals surface area contributed by atoms with Crippen molar-refractivity contribution in [1.29, 1.82) is 0 Å². The van der Waals surface area contributed by atoms with Crippen LogP contribution in [0, 0.1) is 24.0 Å². The number of nitro benzene ring substituents is 1. The highest BCUT2D eigenvalue weighted by atomic mass is 79.9. The highest BCUT2D eigenvalue weighted by Crippen LogP contribution is 2.31. The third kappa shape index (κ3) is 3.37. The van der Waals surface area contributed by atoms with Crippen molar-refractivity contribution in [3.05, 3.63) is 62.1 Å². The van der Waals surface area contributed by atoms with Crippen LogP contribution < -0.4 is 4.31 Å². The average Bonchev–Trinajstić information content (AvgIpc) is 2.48. The van der Waals surface area contributed by atoms with Crippen molar-refractivity contribution in [1.82, 2.24) is 0 Å². The van der Waals surface area contributed by atoms with Gasteiger partial charge >= 0.3 is 0 Å². The maximum Gasteiger partial charge on any atom is 0.284 e. The maximum atomic E-state index is 12.8. The summed E-state index contributed by atoms with van der Waals surface area (Å²) in [6, 6.07) is 9.25. The van der Waals surface area contributed by atoms with Gasteiger partial charge in [0.05, 0.1) is 20.0 Å². The van der Waals surface area contributed by atoms with Gasteiger partial charge in [0.15, 0.2) is 0 Å². The first-order valence-electron chi connectivity index (χ1n) is 6.64. The van der Waals surface area contributed by atoms with Crippen molar-refractivity contribution in [2.24, 2.45) is 0 Å². The second-order valence-electron chi connectivity index (χ2n) is 5.13. The predicted octanol–water partition coefficient (Wildman–Crippen LogP) is 3.80. The van der Waals surface area contributed by atoms with E-state index < -0.39 is 14.9 Å². The van der Waals surface area contributed by atoms with Crippen LogP contribution in [0.3, 0.4) is 0 Å². The van der Waals surface area contributed by atoms with E-state index in [0.717, 1.165) is 21.5 Å². The lowest BCUT2D eigenvalue weighted by atomic mass is 10.1. The molecule has 2 aromatic rings. The van der Waals surface area contributed by atoms with Gasteiger partial charge in [0, 0.05) is 13.1 Å². The fraction of sp³-hybridized carbons (Fsp3) is 0.200. The number of benzene rings is 2. The first kappa shape index (κ1) is 17.4. The molecule has 2 rings (SSSR count). The maximum absolute atomic E-state index is 12.8. The van der Waals surface area contributed by atoms with Gasteiger partial charge in [-0.15, -0.1) is 0 Å². The second kappa shape index (κ2) is 6.29. The summed E-state index contributed by atoms with van der Waals surface area (Å²) in [6.45, 7) is 3.68. The summed E-state index contributed by atoms with van der Waals surface area (Å²) in [5, 5.41) is 11.0. The van der Waals surface area contributed by atoms with E-state index in [0.29, 0.717) is 5.69 Å². The Bertz CT molecular complexity index is 881. The van der Waals surface area contributed by atoms with Gasteiger partial charge in [0.2, 0.25) is 0 Å². The highest BCUT2D eigenvalue weighted by molar-refractivity contribution is 9.10. The average molecular weight is 399 g/mol. The lowest BCUT2D eigenvalue weighted by Crippen LogP contribution is -2.27. The van der Waals surface area contributed by atoms with Crippen LogP contribution in [-0.4, -0.2) is 20.4 Å². The van der Waals surface area contributed by atoms with Crippen molar-refractivity contribution in [2.45, 2.75) is 18.7 Å². The minimum absolute atomic E-state index is 0.129. The van der Waals surface area contributed by atoms with Crippen LogP contribution in [0.15, 0.2) is 45.8 Å². The summed E-state index contributed by atoms with van der Waals surface area (Å²) >= 11 is 3.05. The van der Waals surface area contributed by atoms with E-state index in [4.69, 9.17) is 0 Å². The molecule has 2 aromatic carbocycles. The standard InChI is InChI=1S/C15H15BrN2O4S/c1-10-4-5-11(2)14(8-10)17(3)23(21,22)12-6-7-13(16)15(9-12)18(19)20/h4-9H,1-3H3. The number of hydrogen-bond donors (Lipinski definition) is 0. The summed E-state index contributed by atoms with van der Waals surface area (Å²) in [4.78, 5) is 10.3.